The summed E-state index contributed by atoms with van der Waals surface area (Å²) in [6, 6.07) is 14.5. The summed E-state index contributed by atoms with van der Waals surface area (Å²) in [5.74, 6) is 5.43. The molecular formula is C24H27N5O3. The number of nitrogens with zero attached hydrogens (tertiary/aromatic N) is 2. The van der Waals surface area contributed by atoms with Crippen LogP contribution in [0.5, 0.6) is 0 Å². The minimum absolute atomic E-state index is 0.0165. The SMILES string of the molecule is CC(C)N(N)/C(=C(\N)c1ccc2c(c1)CN(C1CCC(=O)NC1=O)C2=O)c1ccccc1. The fraction of sp³-hybridized carbons (Fsp3) is 0.292. The molecule has 0 spiro atoms. The van der Waals surface area contributed by atoms with Crippen molar-refractivity contribution in [2.75, 3.05) is 0 Å². The van der Waals surface area contributed by atoms with Gasteiger partial charge >= 0.3 is 0 Å². The first-order valence-corrected chi connectivity index (χ1v) is 10.6. The molecule has 3 amide bonds. The predicted molar refractivity (Wildman–Crippen MR) is 121 cm³/mol. The molecule has 1 atom stereocenters. The number of amides is 3. The Morgan fingerprint density at radius 3 is 2.47 bits per heavy atom. The van der Waals surface area contributed by atoms with Crippen LogP contribution < -0.4 is 16.9 Å². The second-order valence-corrected chi connectivity index (χ2v) is 8.40. The number of carbonyl (C=O) groups is 3. The lowest BCUT2D eigenvalue weighted by molar-refractivity contribution is -0.136. The van der Waals surface area contributed by atoms with Crippen molar-refractivity contribution < 1.29 is 14.4 Å². The first-order valence-electron chi connectivity index (χ1n) is 10.6. The number of hydrogen-bond donors (Lipinski definition) is 3. The highest BCUT2D eigenvalue weighted by Crippen LogP contribution is 2.31. The Hall–Kier alpha value is -3.65. The third-order valence-electron chi connectivity index (χ3n) is 5.95. The van der Waals surface area contributed by atoms with Crippen LogP contribution in [0.2, 0.25) is 0 Å². The van der Waals surface area contributed by atoms with Gasteiger partial charge < -0.3 is 15.6 Å². The van der Waals surface area contributed by atoms with E-state index in [2.05, 4.69) is 5.32 Å². The molecule has 2 heterocycles. The van der Waals surface area contributed by atoms with Gasteiger partial charge in [0.1, 0.15) is 6.04 Å². The van der Waals surface area contributed by atoms with Crippen molar-refractivity contribution in [1.29, 1.82) is 0 Å². The summed E-state index contributed by atoms with van der Waals surface area (Å²) < 4.78 is 0. The van der Waals surface area contributed by atoms with Crippen LogP contribution in [0.15, 0.2) is 48.5 Å². The summed E-state index contributed by atoms with van der Waals surface area (Å²) >= 11 is 0. The number of piperidine rings is 1. The van der Waals surface area contributed by atoms with E-state index in [1.807, 2.05) is 50.2 Å². The molecule has 0 aromatic heterocycles. The standard InChI is InChI=1S/C24H27N5O3/c1-14(2)29(26)22(15-6-4-3-5-7-15)21(25)16-8-9-18-17(12-16)13-28(24(18)32)19-10-11-20(30)27-23(19)31/h3-9,12,14,19H,10-11,13,25-26H2,1-2H3,(H,27,30,31)/b22-21-. The molecule has 32 heavy (non-hydrogen) atoms. The molecule has 4 rings (SSSR count). The van der Waals surface area contributed by atoms with Crippen molar-refractivity contribution in [3.8, 4) is 0 Å². The fourth-order valence-electron chi connectivity index (χ4n) is 4.18. The highest BCUT2D eigenvalue weighted by Gasteiger charge is 2.39. The van der Waals surface area contributed by atoms with Crippen molar-refractivity contribution in [2.45, 2.75) is 45.3 Å². The zero-order valence-electron chi connectivity index (χ0n) is 18.2. The first-order chi connectivity index (χ1) is 15.3. The molecule has 8 nitrogen and oxygen atoms in total. The molecule has 8 heteroatoms. The highest BCUT2D eigenvalue weighted by molar-refractivity contribution is 6.05. The Morgan fingerprint density at radius 1 is 1.09 bits per heavy atom. The molecule has 0 bridgehead atoms. The molecule has 166 valence electrons. The fourth-order valence-corrected chi connectivity index (χ4v) is 4.18. The van der Waals surface area contributed by atoms with Gasteiger partial charge in [-0.05, 0) is 43.5 Å². The van der Waals surface area contributed by atoms with Crippen LogP contribution in [0.4, 0.5) is 0 Å². The Kier molecular flexibility index (Phi) is 5.71. The molecule has 2 aromatic rings. The van der Waals surface area contributed by atoms with Gasteiger partial charge in [-0.1, -0.05) is 36.4 Å². The lowest BCUT2D eigenvalue weighted by Crippen LogP contribution is -2.52. The number of rotatable bonds is 5. The zero-order valence-corrected chi connectivity index (χ0v) is 18.2. The Morgan fingerprint density at radius 2 is 1.81 bits per heavy atom. The number of hydrazine groups is 1. The number of nitrogens with two attached hydrogens (primary N) is 2. The average Bonchev–Trinajstić information content (AvgIpc) is 3.10. The van der Waals surface area contributed by atoms with Gasteiger partial charge in [-0.3, -0.25) is 19.7 Å². The van der Waals surface area contributed by atoms with Crippen LogP contribution in [0, 0.1) is 0 Å². The number of carbonyl (C=O) groups excluding carboxylic acids is 3. The first kappa shape index (κ1) is 21.6. The van der Waals surface area contributed by atoms with Crippen molar-refractivity contribution in [3.05, 3.63) is 70.8 Å². The quantitative estimate of drug-likeness (QED) is 0.286. The summed E-state index contributed by atoms with van der Waals surface area (Å²) in [5.41, 5.74) is 10.8. The molecular weight excluding hydrogens is 406 g/mol. The van der Waals surface area contributed by atoms with E-state index in [4.69, 9.17) is 11.6 Å². The van der Waals surface area contributed by atoms with E-state index >= 15 is 0 Å². The summed E-state index contributed by atoms with van der Waals surface area (Å²) in [4.78, 5) is 38.2. The Bertz CT molecular complexity index is 1110. The second-order valence-electron chi connectivity index (χ2n) is 8.40. The second kappa shape index (κ2) is 8.47. The summed E-state index contributed by atoms with van der Waals surface area (Å²) in [7, 11) is 0. The van der Waals surface area contributed by atoms with Crippen LogP contribution in [-0.4, -0.2) is 39.7 Å². The number of imide groups is 1. The number of fused-ring (bicyclic) bond motifs is 1. The van der Waals surface area contributed by atoms with Gasteiger partial charge in [0.25, 0.3) is 5.91 Å². The van der Waals surface area contributed by atoms with Gasteiger partial charge in [0.05, 0.1) is 11.4 Å². The van der Waals surface area contributed by atoms with E-state index in [0.29, 0.717) is 29.9 Å². The van der Waals surface area contributed by atoms with Crippen LogP contribution in [0.3, 0.4) is 0 Å². The van der Waals surface area contributed by atoms with Crippen molar-refractivity contribution in [3.63, 3.8) is 0 Å². The van der Waals surface area contributed by atoms with Gasteiger partial charge in [-0.15, -0.1) is 0 Å². The minimum Gasteiger partial charge on any atom is -0.397 e. The molecule has 2 aromatic carbocycles. The number of hydrogen-bond acceptors (Lipinski definition) is 6. The van der Waals surface area contributed by atoms with Crippen LogP contribution >= 0.6 is 0 Å². The van der Waals surface area contributed by atoms with Crippen LogP contribution in [0.25, 0.3) is 11.4 Å². The van der Waals surface area contributed by atoms with E-state index in [9.17, 15) is 14.4 Å². The van der Waals surface area contributed by atoms with Crippen molar-refractivity contribution in [1.82, 2.24) is 15.2 Å². The van der Waals surface area contributed by atoms with Gasteiger partial charge in [0.2, 0.25) is 11.8 Å². The van der Waals surface area contributed by atoms with Gasteiger partial charge in [-0.25, -0.2) is 5.84 Å². The smallest absolute Gasteiger partial charge is 0.255 e. The van der Waals surface area contributed by atoms with Crippen LogP contribution in [-0.2, 0) is 16.1 Å². The maximum atomic E-state index is 12.9. The van der Waals surface area contributed by atoms with E-state index in [-0.39, 0.29) is 24.3 Å². The van der Waals surface area contributed by atoms with Gasteiger partial charge in [-0.2, -0.15) is 0 Å². The summed E-state index contributed by atoms with van der Waals surface area (Å²) in [6.45, 7) is 4.25. The normalized spacial score (nSPS) is 19.1. The molecule has 2 aliphatic heterocycles. The maximum Gasteiger partial charge on any atom is 0.255 e. The molecule has 1 fully saturated rings. The monoisotopic (exact) mass is 433 g/mol. The van der Waals surface area contributed by atoms with Crippen molar-refractivity contribution in [2.24, 2.45) is 11.6 Å². The maximum absolute atomic E-state index is 12.9. The predicted octanol–water partition coefficient (Wildman–Crippen LogP) is 1.82. The van der Waals surface area contributed by atoms with E-state index in [1.165, 1.54) is 4.90 Å². The molecule has 0 aliphatic carbocycles. The Labute approximate surface area is 186 Å². The minimum atomic E-state index is -0.649. The Balaban J connectivity index is 1.70. The van der Waals surface area contributed by atoms with Crippen LogP contribution in [0.1, 0.15) is 53.7 Å². The lowest BCUT2D eigenvalue weighted by atomic mass is 10.0. The molecule has 2 aliphatic rings. The van der Waals surface area contributed by atoms with Gasteiger partial charge in [0.15, 0.2) is 0 Å². The topological polar surface area (TPSA) is 122 Å². The summed E-state index contributed by atoms with van der Waals surface area (Å²) in [5, 5.41) is 3.96. The molecule has 5 N–H and O–H groups in total. The van der Waals surface area contributed by atoms with Crippen molar-refractivity contribution >= 4 is 29.1 Å². The zero-order chi connectivity index (χ0) is 23.0. The molecule has 1 saturated heterocycles. The number of nitrogens with one attached hydrogen (secondary N) is 1. The average molecular weight is 434 g/mol. The summed E-state index contributed by atoms with van der Waals surface area (Å²) in [6.07, 6.45) is 0.549. The third-order valence-corrected chi connectivity index (χ3v) is 5.95. The lowest BCUT2D eigenvalue weighted by Gasteiger charge is -2.29. The highest BCUT2D eigenvalue weighted by atomic mass is 16.2. The third kappa shape index (κ3) is 3.85. The number of benzene rings is 2. The molecule has 0 radical (unpaired) electrons. The largest absolute Gasteiger partial charge is 0.397 e. The van der Waals surface area contributed by atoms with E-state index < -0.39 is 11.9 Å². The van der Waals surface area contributed by atoms with Gasteiger partial charge in [0, 0.05) is 30.1 Å². The molecule has 1 unspecified atom stereocenters. The van der Waals surface area contributed by atoms with E-state index in [0.717, 1.165) is 16.7 Å². The van der Waals surface area contributed by atoms with E-state index in [1.54, 1.807) is 17.1 Å². The molecule has 0 saturated carbocycles.